The number of hydrogen-bond donors (Lipinski definition) is 0. The fourth-order valence-corrected chi connectivity index (χ4v) is 3.71. The van der Waals surface area contributed by atoms with E-state index >= 15 is 0 Å². The zero-order valence-corrected chi connectivity index (χ0v) is 12.9. The maximum Gasteiger partial charge on any atom is 0.235 e. The van der Waals surface area contributed by atoms with E-state index in [0.717, 1.165) is 31.9 Å². The van der Waals surface area contributed by atoms with Gasteiger partial charge in [-0.05, 0) is 31.4 Å². The number of nitrogens with zero attached hydrogens (tertiary/aromatic N) is 6. The molecule has 0 bridgehead atoms. The van der Waals surface area contributed by atoms with Crippen molar-refractivity contribution in [2.24, 2.45) is 0 Å². The molecule has 0 radical (unpaired) electrons. The Balaban J connectivity index is 1.89. The summed E-state index contributed by atoms with van der Waals surface area (Å²) in [5.41, 5.74) is 3.09. The monoisotopic (exact) mass is 314 g/mol. The van der Waals surface area contributed by atoms with Crippen LogP contribution in [-0.2, 0) is 0 Å². The van der Waals surface area contributed by atoms with Gasteiger partial charge in [-0.25, -0.2) is 0 Å². The number of rotatable bonds is 2. The van der Waals surface area contributed by atoms with Crippen LogP contribution in [0.2, 0.25) is 0 Å². The average Bonchev–Trinajstić information content (AvgIpc) is 3.12. The lowest BCUT2D eigenvalue weighted by molar-refractivity contribution is 0.970. The zero-order valence-electron chi connectivity index (χ0n) is 11.3. The van der Waals surface area contributed by atoms with Crippen molar-refractivity contribution >= 4 is 27.8 Å². The van der Waals surface area contributed by atoms with Crippen LogP contribution in [0.4, 0.5) is 0 Å². The third-order valence-electron chi connectivity index (χ3n) is 3.11. The molecule has 0 N–H and O–H groups in total. The van der Waals surface area contributed by atoms with Crippen molar-refractivity contribution in [1.29, 1.82) is 0 Å². The van der Waals surface area contributed by atoms with E-state index in [2.05, 4.69) is 43.9 Å². The van der Waals surface area contributed by atoms with Crippen molar-refractivity contribution in [3.8, 4) is 21.3 Å². The standard InChI is InChI=1S/C13H10N6S2/c1-7-4-3-5-9(6-7)11-15-16-13-19(11)17-12(20-13)10-8(2)14-18-21-10/h3-6H,1-2H3. The van der Waals surface area contributed by atoms with Crippen molar-refractivity contribution in [2.75, 3.05) is 0 Å². The van der Waals surface area contributed by atoms with Gasteiger partial charge in [0.25, 0.3) is 0 Å². The SMILES string of the molecule is Cc1cccc(-c2nnc3sc(-c4snnc4C)nn23)c1. The Morgan fingerprint density at radius 3 is 2.76 bits per heavy atom. The molecular weight excluding hydrogens is 304 g/mol. The van der Waals surface area contributed by atoms with Crippen molar-refractivity contribution in [3.63, 3.8) is 0 Å². The summed E-state index contributed by atoms with van der Waals surface area (Å²) >= 11 is 2.85. The summed E-state index contributed by atoms with van der Waals surface area (Å²) in [6.45, 7) is 3.99. The summed E-state index contributed by atoms with van der Waals surface area (Å²) in [5.74, 6) is 0.756. The van der Waals surface area contributed by atoms with Gasteiger partial charge in [-0.15, -0.1) is 15.3 Å². The van der Waals surface area contributed by atoms with E-state index in [1.165, 1.54) is 28.4 Å². The van der Waals surface area contributed by atoms with Crippen molar-refractivity contribution in [1.82, 2.24) is 29.4 Å². The molecule has 0 fully saturated rings. The van der Waals surface area contributed by atoms with Gasteiger partial charge in [0.05, 0.1) is 5.69 Å². The molecule has 0 aliphatic rings. The fourth-order valence-electron chi connectivity index (χ4n) is 2.10. The lowest BCUT2D eigenvalue weighted by Crippen LogP contribution is -1.91. The molecule has 104 valence electrons. The maximum atomic E-state index is 4.62. The van der Waals surface area contributed by atoms with Crippen molar-refractivity contribution in [2.45, 2.75) is 13.8 Å². The number of benzene rings is 1. The first-order valence-corrected chi connectivity index (χ1v) is 7.90. The van der Waals surface area contributed by atoms with Gasteiger partial charge in [0.1, 0.15) is 4.88 Å². The smallest absolute Gasteiger partial charge is 0.182 e. The first kappa shape index (κ1) is 12.5. The highest BCUT2D eigenvalue weighted by Crippen LogP contribution is 2.31. The van der Waals surface area contributed by atoms with Gasteiger partial charge in [0.15, 0.2) is 10.8 Å². The summed E-state index contributed by atoms with van der Waals surface area (Å²) in [4.78, 5) is 1.76. The van der Waals surface area contributed by atoms with E-state index < -0.39 is 0 Å². The topological polar surface area (TPSA) is 68.9 Å². The molecule has 0 atom stereocenters. The van der Waals surface area contributed by atoms with Crippen LogP contribution in [0.1, 0.15) is 11.3 Å². The summed E-state index contributed by atoms with van der Waals surface area (Å²) in [6, 6.07) is 8.16. The molecular formula is C13H10N6S2. The molecule has 4 rings (SSSR count). The summed E-state index contributed by atoms with van der Waals surface area (Å²) < 4.78 is 5.74. The molecule has 21 heavy (non-hydrogen) atoms. The zero-order chi connectivity index (χ0) is 14.4. The third-order valence-corrected chi connectivity index (χ3v) is 4.99. The lowest BCUT2D eigenvalue weighted by Gasteiger charge is -1.98. The molecule has 0 aliphatic heterocycles. The average molecular weight is 314 g/mol. The molecule has 4 aromatic rings. The van der Waals surface area contributed by atoms with Crippen LogP contribution in [0.15, 0.2) is 24.3 Å². The van der Waals surface area contributed by atoms with Crippen LogP contribution >= 0.6 is 22.9 Å². The highest BCUT2D eigenvalue weighted by Gasteiger charge is 2.17. The first-order chi connectivity index (χ1) is 10.2. The molecule has 3 heterocycles. The Kier molecular flexibility index (Phi) is 2.79. The molecule has 0 saturated heterocycles. The summed E-state index contributed by atoms with van der Waals surface area (Å²) in [6.07, 6.45) is 0. The minimum absolute atomic E-state index is 0.756. The number of aromatic nitrogens is 6. The van der Waals surface area contributed by atoms with Gasteiger partial charge in [-0.2, -0.15) is 9.61 Å². The van der Waals surface area contributed by atoms with Gasteiger partial charge in [0.2, 0.25) is 4.96 Å². The van der Waals surface area contributed by atoms with Crippen molar-refractivity contribution < 1.29 is 0 Å². The third kappa shape index (κ3) is 2.03. The van der Waals surface area contributed by atoms with E-state index in [0.29, 0.717) is 0 Å². The van der Waals surface area contributed by atoms with Gasteiger partial charge >= 0.3 is 0 Å². The molecule has 0 spiro atoms. The second-order valence-corrected chi connectivity index (χ2v) is 6.39. The molecule has 3 aromatic heterocycles. The minimum Gasteiger partial charge on any atom is -0.182 e. The molecule has 0 aliphatic carbocycles. The van der Waals surface area contributed by atoms with E-state index in [-0.39, 0.29) is 0 Å². The fraction of sp³-hybridized carbons (Fsp3) is 0.154. The quantitative estimate of drug-likeness (QED) is 0.569. The number of hydrogen-bond acceptors (Lipinski definition) is 7. The van der Waals surface area contributed by atoms with Gasteiger partial charge < -0.3 is 0 Å². The van der Waals surface area contributed by atoms with Crippen LogP contribution in [-0.4, -0.2) is 29.4 Å². The summed E-state index contributed by atoms with van der Waals surface area (Å²) in [7, 11) is 0. The van der Waals surface area contributed by atoms with Gasteiger partial charge in [0, 0.05) is 5.56 Å². The highest BCUT2D eigenvalue weighted by molar-refractivity contribution is 7.23. The second kappa shape index (κ2) is 4.68. The Hall–Kier alpha value is -2.19. The molecule has 0 amide bonds. The molecule has 1 aromatic carbocycles. The predicted molar refractivity (Wildman–Crippen MR) is 82.5 cm³/mol. The van der Waals surface area contributed by atoms with E-state index in [1.54, 1.807) is 4.52 Å². The van der Waals surface area contributed by atoms with Crippen molar-refractivity contribution in [3.05, 3.63) is 35.5 Å². The van der Waals surface area contributed by atoms with E-state index in [1.807, 2.05) is 19.1 Å². The predicted octanol–water partition coefficient (Wildman–Crippen LogP) is 2.99. The number of fused-ring (bicyclic) bond motifs is 1. The Labute approximate surface area is 128 Å². The normalized spacial score (nSPS) is 11.3. The summed E-state index contributed by atoms with van der Waals surface area (Å²) in [5, 5.41) is 18.0. The molecule has 0 saturated carbocycles. The van der Waals surface area contributed by atoms with Crippen LogP contribution in [0.25, 0.3) is 26.2 Å². The van der Waals surface area contributed by atoms with Crippen LogP contribution < -0.4 is 0 Å². The van der Waals surface area contributed by atoms with E-state index in [9.17, 15) is 0 Å². The lowest BCUT2D eigenvalue weighted by atomic mass is 10.1. The Bertz CT molecular complexity index is 935. The van der Waals surface area contributed by atoms with E-state index in [4.69, 9.17) is 0 Å². The second-order valence-electron chi connectivity index (χ2n) is 4.68. The molecule has 8 heteroatoms. The molecule has 0 unspecified atom stereocenters. The highest BCUT2D eigenvalue weighted by atomic mass is 32.1. The van der Waals surface area contributed by atoms with Gasteiger partial charge in [-0.1, -0.05) is 39.6 Å². The van der Waals surface area contributed by atoms with Crippen LogP contribution in [0, 0.1) is 13.8 Å². The van der Waals surface area contributed by atoms with Gasteiger partial charge in [-0.3, -0.25) is 0 Å². The number of aryl methyl sites for hydroxylation is 2. The van der Waals surface area contributed by atoms with Crippen LogP contribution in [0.3, 0.4) is 0 Å². The Morgan fingerprint density at radius 2 is 2.00 bits per heavy atom. The van der Waals surface area contributed by atoms with Crippen LogP contribution in [0.5, 0.6) is 0 Å². The molecule has 6 nitrogen and oxygen atoms in total. The largest absolute Gasteiger partial charge is 0.235 e. The minimum atomic E-state index is 0.756. The maximum absolute atomic E-state index is 4.62. The Morgan fingerprint density at radius 1 is 1.10 bits per heavy atom. The first-order valence-electron chi connectivity index (χ1n) is 6.31.